The van der Waals surface area contributed by atoms with Crippen molar-refractivity contribution in [3.8, 4) is 11.1 Å². The Labute approximate surface area is 228 Å². The van der Waals surface area contributed by atoms with Gasteiger partial charge in [-0.15, -0.1) is 0 Å². The number of hydrogen-bond donors (Lipinski definition) is 2. The van der Waals surface area contributed by atoms with Gasteiger partial charge in [-0.2, -0.15) is 5.10 Å². The SMILES string of the molecule is Cc1[nH]nc2ncc(-c3cc4c(c([C@@H]5COCCN5C(=O)OC(C)(C)C)c3)CN(C(=O)C(C)(C)O)CC4)cc12. The number of hydrogen-bond acceptors (Lipinski definition) is 7. The summed E-state index contributed by atoms with van der Waals surface area (Å²) in [6.07, 6.45) is 2.04. The van der Waals surface area contributed by atoms with E-state index in [1.165, 1.54) is 13.8 Å². The van der Waals surface area contributed by atoms with E-state index in [1.54, 1.807) is 9.80 Å². The molecular formula is C29H37N5O5. The Morgan fingerprint density at radius 1 is 1.13 bits per heavy atom. The second-order valence-corrected chi connectivity index (χ2v) is 11.9. The van der Waals surface area contributed by atoms with Crippen LogP contribution in [0.2, 0.25) is 0 Å². The average molecular weight is 536 g/mol. The molecule has 5 rings (SSSR count). The van der Waals surface area contributed by atoms with Crippen LogP contribution < -0.4 is 0 Å². The molecule has 1 saturated heterocycles. The van der Waals surface area contributed by atoms with Gasteiger partial charge in [0.25, 0.3) is 5.91 Å². The number of nitrogens with zero attached hydrogens (tertiary/aromatic N) is 4. The van der Waals surface area contributed by atoms with E-state index in [1.807, 2.05) is 33.9 Å². The third kappa shape index (κ3) is 5.49. The van der Waals surface area contributed by atoms with Gasteiger partial charge in [0.15, 0.2) is 5.65 Å². The van der Waals surface area contributed by atoms with E-state index < -0.39 is 23.3 Å². The molecule has 208 valence electrons. The molecule has 4 heterocycles. The number of aryl methyl sites for hydroxylation is 1. The smallest absolute Gasteiger partial charge is 0.410 e. The minimum atomic E-state index is -1.47. The van der Waals surface area contributed by atoms with Gasteiger partial charge >= 0.3 is 6.09 Å². The van der Waals surface area contributed by atoms with Gasteiger partial charge in [-0.1, -0.05) is 6.07 Å². The summed E-state index contributed by atoms with van der Waals surface area (Å²) in [7, 11) is 0. The lowest BCUT2D eigenvalue weighted by molar-refractivity contribution is -0.148. The van der Waals surface area contributed by atoms with Crippen molar-refractivity contribution in [2.75, 3.05) is 26.3 Å². The first-order valence-electron chi connectivity index (χ1n) is 13.4. The molecule has 2 aromatic heterocycles. The van der Waals surface area contributed by atoms with Crippen molar-refractivity contribution in [1.82, 2.24) is 25.0 Å². The standard InChI is InChI=1S/C29H37N5O5/c1-17-21-13-20(14-30-25(21)32-31-17)19-11-18-7-8-33(26(35)29(5,6)37)15-23(18)22(12-19)24-16-38-10-9-34(24)27(36)39-28(2,3)4/h11-14,24,37H,7-10,15-16H2,1-6H3,(H,30,31,32)/t24-/m0/s1. The lowest BCUT2D eigenvalue weighted by Gasteiger charge is -2.40. The van der Waals surface area contributed by atoms with Gasteiger partial charge < -0.3 is 19.5 Å². The van der Waals surface area contributed by atoms with Crippen molar-refractivity contribution in [2.24, 2.45) is 0 Å². The van der Waals surface area contributed by atoms with Gasteiger partial charge in [0.1, 0.15) is 11.2 Å². The number of nitrogens with one attached hydrogen (secondary N) is 1. The predicted molar refractivity (Wildman–Crippen MR) is 146 cm³/mol. The fraction of sp³-hybridized carbons (Fsp3) is 0.517. The van der Waals surface area contributed by atoms with Crippen LogP contribution in [-0.2, 0) is 27.2 Å². The zero-order valence-corrected chi connectivity index (χ0v) is 23.5. The number of ether oxygens (including phenoxy) is 2. The minimum absolute atomic E-state index is 0.312. The average Bonchev–Trinajstić information content (AvgIpc) is 3.25. The molecule has 2 aliphatic heterocycles. The Morgan fingerprint density at radius 3 is 2.62 bits per heavy atom. The Kier molecular flexibility index (Phi) is 6.88. The van der Waals surface area contributed by atoms with Crippen LogP contribution in [0, 0.1) is 6.92 Å². The van der Waals surface area contributed by atoms with E-state index in [0.29, 0.717) is 44.9 Å². The maximum absolute atomic E-state index is 13.3. The van der Waals surface area contributed by atoms with Crippen LogP contribution in [0.5, 0.6) is 0 Å². The molecule has 1 fully saturated rings. The Bertz CT molecular complexity index is 1420. The molecule has 0 saturated carbocycles. The molecule has 0 unspecified atom stereocenters. The van der Waals surface area contributed by atoms with Crippen molar-refractivity contribution >= 4 is 23.0 Å². The van der Waals surface area contributed by atoms with E-state index >= 15 is 0 Å². The summed E-state index contributed by atoms with van der Waals surface area (Å²) in [6, 6.07) is 5.89. The summed E-state index contributed by atoms with van der Waals surface area (Å²) in [5.41, 5.74) is 4.37. The number of amides is 2. The largest absolute Gasteiger partial charge is 0.444 e. The number of morpholine rings is 1. The molecule has 10 heteroatoms. The van der Waals surface area contributed by atoms with Crippen molar-refractivity contribution in [3.05, 3.63) is 46.8 Å². The zero-order chi connectivity index (χ0) is 28.1. The van der Waals surface area contributed by atoms with Crippen molar-refractivity contribution in [2.45, 2.75) is 71.8 Å². The van der Waals surface area contributed by atoms with Crippen LogP contribution in [-0.4, -0.2) is 79.6 Å². The molecule has 3 aromatic rings. The number of pyridine rings is 1. The van der Waals surface area contributed by atoms with Gasteiger partial charge in [0.2, 0.25) is 0 Å². The molecular weight excluding hydrogens is 498 g/mol. The fourth-order valence-electron chi connectivity index (χ4n) is 5.30. The first kappa shape index (κ1) is 27.1. The topological polar surface area (TPSA) is 121 Å². The summed E-state index contributed by atoms with van der Waals surface area (Å²) in [5, 5.41) is 18.6. The second-order valence-electron chi connectivity index (χ2n) is 11.9. The number of benzene rings is 1. The molecule has 1 aromatic carbocycles. The lowest BCUT2D eigenvalue weighted by Crippen LogP contribution is -2.48. The maximum atomic E-state index is 13.3. The van der Waals surface area contributed by atoms with E-state index in [9.17, 15) is 14.7 Å². The van der Waals surface area contributed by atoms with Gasteiger partial charge in [-0.25, -0.2) is 9.78 Å². The normalized spacial score (nSPS) is 18.3. The molecule has 0 spiro atoms. The Balaban J connectivity index is 1.62. The molecule has 1 atom stereocenters. The van der Waals surface area contributed by atoms with Crippen molar-refractivity contribution in [3.63, 3.8) is 0 Å². The van der Waals surface area contributed by atoms with Crippen LogP contribution in [0.4, 0.5) is 4.79 Å². The first-order valence-corrected chi connectivity index (χ1v) is 13.4. The number of fused-ring (bicyclic) bond motifs is 2. The number of aliphatic hydroxyl groups is 1. The van der Waals surface area contributed by atoms with E-state index in [-0.39, 0.29) is 5.91 Å². The molecule has 10 nitrogen and oxygen atoms in total. The minimum Gasteiger partial charge on any atom is -0.444 e. The second kappa shape index (κ2) is 9.91. The summed E-state index contributed by atoms with van der Waals surface area (Å²) < 4.78 is 11.6. The quantitative estimate of drug-likeness (QED) is 0.522. The Hall–Kier alpha value is -3.50. The van der Waals surface area contributed by atoms with Crippen LogP contribution >= 0.6 is 0 Å². The number of rotatable bonds is 3. The van der Waals surface area contributed by atoms with Gasteiger partial charge in [-0.3, -0.25) is 14.8 Å². The molecule has 2 aliphatic rings. The number of carbonyl (C=O) groups excluding carboxylic acids is 2. The first-order chi connectivity index (χ1) is 18.3. The number of carbonyl (C=O) groups is 2. The monoisotopic (exact) mass is 535 g/mol. The van der Waals surface area contributed by atoms with E-state index in [4.69, 9.17) is 9.47 Å². The van der Waals surface area contributed by atoms with Crippen LogP contribution in [0.25, 0.3) is 22.2 Å². The summed E-state index contributed by atoms with van der Waals surface area (Å²) in [5.74, 6) is -0.322. The highest BCUT2D eigenvalue weighted by atomic mass is 16.6. The third-order valence-electron chi connectivity index (χ3n) is 7.24. The van der Waals surface area contributed by atoms with Crippen LogP contribution in [0.3, 0.4) is 0 Å². The molecule has 0 radical (unpaired) electrons. The summed E-state index contributed by atoms with van der Waals surface area (Å²) >= 11 is 0. The zero-order valence-electron chi connectivity index (χ0n) is 23.5. The fourth-order valence-corrected chi connectivity index (χ4v) is 5.30. The highest BCUT2D eigenvalue weighted by molar-refractivity contribution is 5.85. The summed E-state index contributed by atoms with van der Waals surface area (Å²) in [6.45, 7) is 12.5. The molecule has 2 amide bonds. The lowest BCUT2D eigenvalue weighted by atomic mass is 9.86. The van der Waals surface area contributed by atoms with E-state index in [0.717, 1.165) is 38.9 Å². The highest BCUT2D eigenvalue weighted by Gasteiger charge is 2.37. The predicted octanol–water partition coefficient (Wildman–Crippen LogP) is 3.90. The Morgan fingerprint density at radius 2 is 1.90 bits per heavy atom. The van der Waals surface area contributed by atoms with Gasteiger partial charge in [0.05, 0.1) is 19.3 Å². The number of aromatic amines is 1. The third-order valence-corrected chi connectivity index (χ3v) is 7.24. The van der Waals surface area contributed by atoms with Crippen molar-refractivity contribution < 1.29 is 24.2 Å². The molecule has 2 N–H and O–H groups in total. The maximum Gasteiger partial charge on any atom is 0.410 e. The van der Waals surface area contributed by atoms with Gasteiger partial charge in [-0.05, 0) is 82.3 Å². The molecule has 0 aliphatic carbocycles. The molecule has 39 heavy (non-hydrogen) atoms. The number of H-pyrrole nitrogens is 1. The van der Waals surface area contributed by atoms with Crippen LogP contribution in [0.1, 0.15) is 63.0 Å². The highest BCUT2D eigenvalue weighted by Crippen LogP contribution is 2.37. The van der Waals surface area contributed by atoms with Gasteiger partial charge in [0, 0.05) is 42.5 Å². The summed E-state index contributed by atoms with van der Waals surface area (Å²) in [4.78, 5) is 34.3. The number of aromatic nitrogens is 3. The van der Waals surface area contributed by atoms with Crippen molar-refractivity contribution in [1.29, 1.82) is 0 Å². The van der Waals surface area contributed by atoms with Crippen LogP contribution in [0.15, 0.2) is 24.4 Å². The van der Waals surface area contributed by atoms with E-state index in [2.05, 4.69) is 33.4 Å². The molecule has 0 bridgehead atoms.